The van der Waals surface area contributed by atoms with Crippen LogP contribution in [0.5, 0.6) is 0 Å². The maximum atomic E-state index is 13.6. The van der Waals surface area contributed by atoms with Crippen LogP contribution in [0.2, 0.25) is 0 Å². The first-order valence-corrected chi connectivity index (χ1v) is 8.66. The molecule has 2 aromatic carbocycles. The van der Waals surface area contributed by atoms with E-state index in [1.54, 1.807) is 13.8 Å². The highest BCUT2D eigenvalue weighted by Crippen LogP contribution is 2.36. The minimum Gasteiger partial charge on any atom is -0.466 e. The highest BCUT2D eigenvalue weighted by molar-refractivity contribution is 5.85. The Morgan fingerprint density at radius 2 is 1.67 bits per heavy atom. The molecule has 27 heavy (non-hydrogen) atoms. The topological polar surface area (TPSA) is 52.3 Å². The van der Waals surface area contributed by atoms with Gasteiger partial charge in [-0.05, 0) is 73.2 Å². The molecule has 0 unspecified atom stereocenters. The van der Waals surface area contributed by atoms with Gasteiger partial charge in [0, 0.05) is 11.6 Å². The highest BCUT2D eigenvalue weighted by Gasteiger charge is 2.22. The molecule has 0 heterocycles. The molecule has 3 nitrogen and oxygen atoms in total. The second-order valence-corrected chi connectivity index (χ2v) is 6.46. The molecule has 0 aliphatic carbocycles. The maximum absolute atomic E-state index is 13.6. The number of halogens is 3. The Bertz CT molecular complexity index is 789. The third-order valence-corrected chi connectivity index (χ3v) is 4.58. The van der Waals surface area contributed by atoms with Gasteiger partial charge in [0.15, 0.2) is 0 Å². The molecule has 0 spiro atoms. The SMILES string of the molecule is CCOC(=O)C[C@H](N)c1cc(-c2c(C)cccc2C)cc(C(F)F)c1C.Cl. The highest BCUT2D eigenvalue weighted by atomic mass is 35.5. The van der Waals surface area contributed by atoms with Crippen LogP contribution in [0.3, 0.4) is 0 Å². The summed E-state index contributed by atoms with van der Waals surface area (Å²) in [4.78, 5) is 11.8. The molecule has 0 saturated heterocycles. The van der Waals surface area contributed by atoms with Gasteiger partial charge >= 0.3 is 5.97 Å². The Kier molecular flexibility index (Phi) is 8.38. The van der Waals surface area contributed by atoms with E-state index in [0.29, 0.717) is 16.7 Å². The van der Waals surface area contributed by atoms with Crippen molar-refractivity contribution in [3.63, 3.8) is 0 Å². The van der Waals surface area contributed by atoms with Gasteiger partial charge in [-0.1, -0.05) is 18.2 Å². The number of aryl methyl sites for hydroxylation is 2. The number of nitrogens with two attached hydrogens (primary N) is 1. The normalized spacial score (nSPS) is 11.9. The molecule has 0 fully saturated rings. The van der Waals surface area contributed by atoms with Gasteiger partial charge < -0.3 is 10.5 Å². The summed E-state index contributed by atoms with van der Waals surface area (Å²) in [5, 5.41) is 0. The van der Waals surface area contributed by atoms with Crippen LogP contribution in [0.25, 0.3) is 11.1 Å². The molecule has 2 aromatic rings. The molecule has 1 atom stereocenters. The van der Waals surface area contributed by atoms with Crippen molar-refractivity contribution in [1.82, 2.24) is 0 Å². The summed E-state index contributed by atoms with van der Waals surface area (Å²) in [6, 6.07) is 8.47. The Morgan fingerprint density at radius 3 is 2.19 bits per heavy atom. The van der Waals surface area contributed by atoms with Crippen LogP contribution in [-0.2, 0) is 9.53 Å². The molecule has 0 aliphatic heterocycles. The molecular formula is C21H26ClF2NO2. The number of alkyl halides is 2. The Labute approximate surface area is 165 Å². The van der Waals surface area contributed by atoms with E-state index in [0.717, 1.165) is 16.7 Å². The molecule has 0 bridgehead atoms. The van der Waals surface area contributed by atoms with Crippen LogP contribution in [0, 0.1) is 20.8 Å². The molecule has 0 radical (unpaired) electrons. The van der Waals surface area contributed by atoms with Crippen LogP contribution < -0.4 is 5.73 Å². The average molecular weight is 398 g/mol. The van der Waals surface area contributed by atoms with Crippen LogP contribution in [0.15, 0.2) is 30.3 Å². The first kappa shape index (κ1) is 23.1. The zero-order valence-corrected chi connectivity index (χ0v) is 16.8. The quantitative estimate of drug-likeness (QED) is 0.646. The van der Waals surface area contributed by atoms with Crippen molar-refractivity contribution in [1.29, 1.82) is 0 Å². The van der Waals surface area contributed by atoms with Gasteiger partial charge in [0.2, 0.25) is 0 Å². The molecule has 0 aliphatic rings. The number of carbonyl (C=O) groups is 1. The lowest BCUT2D eigenvalue weighted by molar-refractivity contribution is -0.143. The zero-order valence-electron chi connectivity index (χ0n) is 16.0. The third kappa shape index (κ3) is 5.27. The van der Waals surface area contributed by atoms with Gasteiger partial charge in [-0.15, -0.1) is 12.4 Å². The minimum absolute atomic E-state index is 0. The largest absolute Gasteiger partial charge is 0.466 e. The predicted molar refractivity (Wildman–Crippen MR) is 106 cm³/mol. The van der Waals surface area contributed by atoms with E-state index >= 15 is 0 Å². The molecule has 6 heteroatoms. The Balaban J connectivity index is 0.00000364. The van der Waals surface area contributed by atoms with Crippen LogP contribution in [-0.4, -0.2) is 12.6 Å². The number of rotatable bonds is 6. The average Bonchev–Trinajstić information content (AvgIpc) is 2.55. The molecular weight excluding hydrogens is 372 g/mol. The summed E-state index contributed by atoms with van der Waals surface area (Å²) >= 11 is 0. The third-order valence-electron chi connectivity index (χ3n) is 4.58. The second kappa shape index (κ2) is 9.81. The first-order chi connectivity index (χ1) is 12.3. The van der Waals surface area contributed by atoms with Crippen molar-refractivity contribution < 1.29 is 18.3 Å². The smallest absolute Gasteiger partial charge is 0.307 e. The van der Waals surface area contributed by atoms with Gasteiger partial charge in [0.25, 0.3) is 6.43 Å². The lowest BCUT2D eigenvalue weighted by atomic mass is 9.88. The monoisotopic (exact) mass is 397 g/mol. The summed E-state index contributed by atoms with van der Waals surface area (Å²) in [6.45, 7) is 7.49. The summed E-state index contributed by atoms with van der Waals surface area (Å²) in [7, 11) is 0. The van der Waals surface area contributed by atoms with Crippen molar-refractivity contribution in [3.8, 4) is 11.1 Å². The predicted octanol–water partition coefficient (Wildman–Crippen LogP) is 5.59. The van der Waals surface area contributed by atoms with Crippen LogP contribution in [0.1, 0.15) is 53.6 Å². The van der Waals surface area contributed by atoms with E-state index in [1.165, 1.54) is 6.07 Å². The van der Waals surface area contributed by atoms with Gasteiger partial charge in [0.05, 0.1) is 13.0 Å². The number of carbonyl (C=O) groups excluding carboxylic acids is 1. The summed E-state index contributed by atoms with van der Waals surface area (Å²) in [5.41, 5.74) is 10.7. The fourth-order valence-corrected chi connectivity index (χ4v) is 3.30. The lowest BCUT2D eigenvalue weighted by Crippen LogP contribution is -2.19. The Morgan fingerprint density at radius 1 is 1.11 bits per heavy atom. The number of hydrogen-bond acceptors (Lipinski definition) is 3. The standard InChI is InChI=1S/C21H25F2NO2.ClH/c1-5-26-19(25)11-18(24)16-9-15(10-17(14(16)4)21(22)23)20-12(2)7-6-8-13(20)3;/h6-10,18,21H,5,11,24H2,1-4H3;1H/t18-;/m0./s1. The molecule has 148 valence electrons. The summed E-state index contributed by atoms with van der Waals surface area (Å²) in [5.74, 6) is -0.435. The summed E-state index contributed by atoms with van der Waals surface area (Å²) < 4.78 is 32.2. The van der Waals surface area contributed by atoms with E-state index < -0.39 is 18.4 Å². The molecule has 0 aromatic heterocycles. The van der Waals surface area contributed by atoms with Gasteiger partial charge in [-0.3, -0.25) is 4.79 Å². The molecule has 2 rings (SSSR count). The number of esters is 1. The fraction of sp³-hybridized carbons (Fsp3) is 0.381. The van der Waals surface area contributed by atoms with Crippen LogP contribution >= 0.6 is 12.4 Å². The zero-order chi connectivity index (χ0) is 19.4. The first-order valence-electron chi connectivity index (χ1n) is 8.66. The van der Waals surface area contributed by atoms with Crippen molar-refractivity contribution in [2.75, 3.05) is 6.61 Å². The van der Waals surface area contributed by atoms with Crippen LogP contribution in [0.4, 0.5) is 8.78 Å². The van der Waals surface area contributed by atoms with Crippen molar-refractivity contribution in [3.05, 3.63) is 58.1 Å². The summed E-state index contributed by atoms with van der Waals surface area (Å²) in [6.07, 6.45) is -2.67. The van der Waals surface area contributed by atoms with E-state index in [2.05, 4.69) is 0 Å². The maximum Gasteiger partial charge on any atom is 0.307 e. The molecule has 0 amide bonds. The number of benzene rings is 2. The minimum atomic E-state index is -2.62. The van der Waals surface area contributed by atoms with E-state index in [-0.39, 0.29) is 31.0 Å². The van der Waals surface area contributed by atoms with Crippen molar-refractivity contribution in [2.24, 2.45) is 5.73 Å². The Hall–Kier alpha value is -1.98. The fourth-order valence-electron chi connectivity index (χ4n) is 3.30. The van der Waals surface area contributed by atoms with Gasteiger partial charge in [-0.25, -0.2) is 8.78 Å². The van der Waals surface area contributed by atoms with Crippen molar-refractivity contribution >= 4 is 18.4 Å². The van der Waals surface area contributed by atoms with E-state index in [1.807, 2.05) is 38.1 Å². The van der Waals surface area contributed by atoms with E-state index in [4.69, 9.17) is 10.5 Å². The number of ether oxygens (including phenoxy) is 1. The van der Waals surface area contributed by atoms with Gasteiger partial charge in [0.1, 0.15) is 0 Å². The second-order valence-electron chi connectivity index (χ2n) is 6.46. The van der Waals surface area contributed by atoms with Gasteiger partial charge in [-0.2, -0.15) is 0 Å². The van der Waals surface area contributed by atoms with Crippen molar-refractivity contribution in [2.45, 2.75) is 46.6 Å². The van der Waals surface area contributed by atoms with E-state index in [9.17, 15) is 13.6 Å². The number of hydrogen-bond donors (Lipinski definition) is 1. The molecule has 0 saturated carbocycles. The molecule has 2 N–H and O–H groups in total. The lowest BCUT2D eigenvalue weighted by Gasteiger charge is -2.20.